The van der Waals surface area contributed by atoms with Gasteiger partial charge in [-0.2, -0.15) is 5.26 Å². The van der Waals surface area contributed by atoms with Gasteiger partial charge in [0, 0.05) is 44.1 Å². The van der Waals surface area contributed by atoms with Gasteiger partial charge in [0.15, 0.2) is 0 Å². The van der Waals surface area contributed by atoms with Gasteiger partial charge in [-0.15, -0.1) is 11.3 Å². The van der Waals surface area contributed by atoms with E-state index in [1.165, 1.54) is 16.1 Å². The van der Waals surface area contributed by atoms with Gasteiger partial charge >= 0.3 is 0 Å². The van der Waals surface area contributed by atoms with Crippen LogP contribution in [0.4, 0.5) is 0 Å². The summed E-state index contributed by atoms with van der Waals surface area (Å²) in [6, 6.07) is 10.1. The van der Waals surface area contributed by atoms with Crippen LogP contribution < -0.4 is 0 Å². The van der Waals surface area contributed by atoms with Crippen LogP contribution in [0.25, 0.3) is 0 Å². The molecular formula is C18H22N4S. The Morgan fingerprint density at radius 1 is 1.13 bits per heavy atom. The number of nitriles is 1. The fourth-order valence-electron chi connectivity index (χ4n) is 2.94. The molecule has 1 fully saturated rings. The molecule has 0 amide bonds. The maximum atomic E-state index is 8.85. The lowest BCUT2D eigenvalue weighted by Gasteiger charge is -2.34. The minimum absolute atomic E-state index is 0.733. The van der Waals surface area contributed by atoms with Gasteiger partial charge in [-0.3, -0.25) is 4.90 Å². The Bertz CT molecular complexity index is 663. The minimum Gasteiger partial charge on any atom is -0.300 e. The SMILES string of the molecule is Cc1ncsc1CCN1CCN(Cc2ccc(C#N)cc2)CC1. The highest BCUT2D eigenvalue weighted by molar-refractivity contribution is 7.09. The van der Waals surface area contributed by atoms with Gasteiger partial charge in [0.05, 0.1) is 22.8 Å². The lowest BCUT2D eigenvalue weighted by atomic mass is 10.1. The van der Waals surface area contributed by atoms with Gasteiger partial charge in [-0.25, -0.2) is 4.98 Å². The summed E-state index contributed by atoms with van der Waals surface area (Å²) in [5.41, 5.74) is 5.16. The van der Waals surface area contributed by atoms with E-state index >= 15 is 0 Å². The fourth-order valence-corrected chi connectivity index (χ4v) is 3.71. The Hall–Kier alpha value is -1.74. The van der Waals surface area contributed by atoms with Crippen LogP contribution in [0.2, 0.25) is 0 Å². The van der Waals surface area contributed by atoms with Crippen LogP contribution in [-0.4, -0.2) is 47.5 Å². The second kappa shape index (κ2) is 7.69. The molecule has 0 radical (unpaired) electrons. The molecule has 0 N–H and O–H groups in total. The number of thiazole rings is 1. The number of aromatic nitrogens is 1. The third-order valence-corrected chi connectivity index (χ3v) is 5.45. The maximum Gasteiger partial charge on any atom is 0.0991 e. The molecule has 0 unspecified atom stereocenters. The molecule has 0 spiro atoms. The molecule has 3 rings (SSSR count). The summed E-state index contributed by atoms with van der Waals surface area (Å²) in [4.78, 5) is 10.8. The van der Waals surface area contributed by atoms with E-state index in [2.05, 4.69) is 39.9 Å². The molecule has 5 heteroatoms. The molecule has 1 aromatic carbocycles. The Morgan fingerprint density at radius 2 is 1.83 bits per heavy atom. The third-order valence-electron chi connectivity index (χ3n) is 4.45. The van der Waals surface area contributed by atoms with Crippen molar-refractivity contribution < 1.29 is 0 Å². The lowest BCUT2D eigenvalue weighted by Crippen LogP contribution is -2.46. The summed E-state index contributed by atoms with van der Waals surface area (Å²) in [7, 11) is 0. The Morgan fingerprint density at radius 3 is 2.43 bits per heavy atom. The van der Waals surface area contributed by atoms with Crippen molar-refractivity contribution in [3.8, 4) is 6.07 Å². The van der Waals surface area contributed by atoms with Crippen LogP contribution in [0.5, 0.6) is 0 Å². The van der Waals surface area contributed by atoms with Crippen molar-refractivity contribution in [2.45, 2.75) is 19.9 Å². The standard InChI is InChI=1S/C18H22N4S/c1-15-18(23-14-20-15)6-7-21-8-10-22(11-9-21)13-17-4-2-16(12-19)3-5-17/h2-5,14H,6-11,13H2,1H3. The van der Waals surface area contributed by atoms with Crippen LogP contribution in [0, 0.1) is 18.3 Å². The van der Waals surface area contributed by atoms with Crippen LogP contribution in [-0.2, 0) is 13.0 Å². The molecule has 0 atom stereocenters. The van der Waals surface area contributed by atoms with Crippen molar-refractivity contribution in [3.63, 3.8) is 0 Å². The summed E-state index contributed by atoms with van der Waals surface area (Å²) in [6.45, 7) is 8.70. The Balaban J connectivity index is 1.43. The van der Waals surface area contributed by atoms with E-state index in [0.29, 0.717) is 0 Å². The zero-order valence-electron chi connectivity index (χ0n) is 13.5. The lowest BCUT2D eigenvalue weighted by molar-refractivity contribution is 0.128. The Kier molecular flexibility index (Phi) is 5.39. The monoisotopic (exact) mass is 326 g/mol. The summed E-state index contributed by atoms with van der Waals surface area (Å²) >= 11 is 1.77. The number of benzene rings is 1. The quantitative estimate of drug-likeness (QED) is 0.847. The average molecular weight is 326 g/mol. The van der Waals surface area contributed by atoms with E-state index in [4.69, 9.17) is 5.26 Å². The van der Waals surface area contributed by atoms with Crippen molar-refractivity contribution in [2.75, 3.05) is 32.7 Å². The van der Waals surface area contributed by atoms with E-state index < -0.39 is 0 Å². The van der Waals surface area contributed by atoms with E-state index in [9.17, 15) is 0 Å². The molecule has 0 saturated carbocycles. The Labute approximate surface area is 142 Å². The number of nitrogens with zero attached hydrogens (tertiary/aromatic N) is 4. The number of aryl methyl sites for hydroxylation is 1. The number of hydrogen-bond acceptors (Lipinski definition) is 5. The van der Waals surface area contributed by atoms with Crippen molar-refractivity contribution in [2.24, 2.45) is 0 Å². The van der Waals surface area contributed by atoms with E-state index in [-0.39, 0.29) is 0 Å². The van der Waals surface area contributed by atoms with Gasteiger partial charge in [0.2, 0.25) is 0 Å². The summed E-state index contributed by atoms with van der Waals surface area (Å²) < 4.78 is 0. The first kappa shape index (κ1) is 16.1. The van der Waals surface area contributed by atoms with E-state index in [0.717, 1.165) is 51.3 Å². The molecular weight excluding hydrogens is 304 g/mol. The minimum atomic E-state index is 0.733. The normalized spacial score (nSPS) is 16.3. The highest BCUT2D eigenvalue weighted by Crippen LogP contribution is 2.14. The molecule has 1 saturated heterocycles. The zero-order valence-corrected chi connectivity index (χ0v) is 14.4. The van der Waals surface area contributed by atoms with Gasteiger partial charge in [-0.05, 0) is 31.0 Å². The first-order chi connectivity index (χ1) is 11.2. The maximum absolute atomic E-state index is 8.85. The molecule has 1 aliphatic rings. The highest BCUT2D eigenvalue weighted by Gasteiger charge is 2.17. The zero-order chi connectivity index (χ0) is 16.1. The summed E-state index contributed by atoms with van der Waals surface area (Å²) in [6.07, 6.45) is 1.12. The van der Waals surface area contributed by atoms with Crippen LogP contribution in [0.1, 0.15) is 21.7 Å². The largest absolute Gasteiger partial charge is 0.300 e. The number of rotatable bonds is 5. The first-order valence-electron chi connectivity index (χ1n) is 8.07. The average Bonchev–Trinajstić information content (AvgIpc) is 3.00. The number of hydrogen-bond donors (Lipinski definition) is 0. The predicted molar refractivity (Wildman–Crippen MR) is 93.4 cm³/mol. The van der Waals surface area contributed by atoms with Crippen LogP contribution in [0.3, 0.4) is 0 Å². The molecule has 0 aliphatic carbocycles. The fraction of sp³-hybridized carbons (Fsp3) is 0.444. The second-order valence-corrected chi connectivity index (χ2v) is 6.98. The van der Waals surface area contributed by atoms with E-state index in [1.54, 1.807) is 11.3 Å². The van der Waals surface area contributed by atoms with Gasteiger partial charge < -0.3 is 4.90 Å². The molecule has 1 aliphatic heterocycles. The third kappa shape index (κ3) is 4.38. The first-order valence-corrected chi connectivity index (χ1v) is 8.95. The summed E-state index contributed by atoms with van der Waals surface area (Å²) in [5.74, 6) is 0. The second-order valence-electron chi connectivity index (χ2n) is 6.04. The molecule has 23 heavy (non-hydrogen) atoms. The van der Waals surface area contributed by atoms with Gasteiger partial charge in [0.1, 0.15) is 0 Å². The molecule has 1 aromatic heterocycles. The van der Waals surface area contributed by atoms with Crippen molar-refractivity contribution in [1.29, 1.82) is 5.26 Å². The molecule has 2 heterocycles. The van der Waals surface area contributed by atoms with Crippen LogP contribution in [0.15, 0.2) is 29.8 Å². The van der Waals surface area contributed by atoms with Crippen LogP contribution >= 0.6 is 11.3 Å². The van der Waals surface area contributed by atoms with Crippen molar-refractivity contribution >= 4 is 11.3 Å². The molecule has 4 nitrogen and oxygen atoms in total. The summed E-state index contributed by atoms with van der Waals surface area (Å²) in [5, 5.41) is 8.85. The predicted octanol–water partition coefficient (Wildman–Crippen LogP) is 2.68. The van der Waals surface area contributed by atoms with E-state index in [1.807, 2.05) is 17.6 Å². The number of piperazine rings is 1. The smallest absolute Gasteiger partial charge is 0.0991 e. The molecule has 0 bridgehead atoms. The van der Waals surface area contributed by atoms with Crippen molar-refractivity contribution in [1.82, 2.24) is 14.8 Å². The topological polar surface area (TPSA) is 43.2 Å². The van der Waals surface area contributed by atoms with Crippen molar-refractivity contribution in [3.05, 3.63) is 51.5 Å². The highest BCUT2D eigenvalue weighted by atomic mass is 32.1. The molecule has 120 valence electrons. The molecule has 2 aromatic rings. The van der Waals surface area contributed by atoms with Gasteiger partial charge in [0.25, 0.3) is 0 Å². The van der Waals surface area contributed by atoms with Gasteiger partial charge in [-0.1, -0.05) is 12.1 Å².